The quantitative estimate of drug-likeness (QED) is 0.635. The number of hydrogen-bond donors (Lipinski definition) is 1. The Hall–Kier alpha value is -1.05. The summed E-state index contributed by atoms with van der Waals surface area (Å²) in [6, 6.07) is 5.27. The van der Waals surface area contributed by atoms with Crippen molar-refractivity contribution in [2.24, 2.45) is 0 Å². The molecular weight excluding hydrogens is 224 g/mol. The standard InChI is InChI=1S/C10H12O2.OSi2/c1-3-4-8-5-6-9(11)10(7-8)12-2;2-1-3/h3,5-7,11H,1,4H2,2H3;. The zero-order chi connectivity index (χ0) is 11.7. The summed E-state index contributed by atoms with van der Waals surface area (Å²) in [7, 11) is 6.73. The number of aromatic hydroxyl groups is 1. The van der Waals surface area contributed by atoms with Gasteiger partial charge in [-0.25, -0.2) is 0 Å². The molecule has 5 heteroatoms. The number of phenols is 1. The van der Waals surface area contributed by atoms with Crippen LogP contribution in [-0.4, -0.2) is 33.2 Å². The lowest BCUT2D eigenvalue weighted by molar-refractivity contribution is 0.373. The van der Waals surface area contributed by atoms with Crippen LogP contribution in [0.2, 0.25) is 0 Å². The van der Waals surface area contributed by atoms with Gasteiger partial charge in [-0.1, -0.05) is 12.1 Å². The second-order valence-corrected chi connectivity index (χ2v) is 3.42. The van der Waals surface area contributed by atoms with Gasteiger partial charge in [0.05, 0.1) is 7.11 Å². The molecule has 0 fully saturated rings. The van der Waals surface area contributed by atoms with Crippen molar-refractivity contribution < 1.29 is 14.0 Å². The number of methoxy groups -OCH3 is 1. The fourth-order valence-electron chi connectivity index (χ4n) is 1.02. The first kappa shape index (κ1) is 14.0. The summed E-state index contributed by atoms with van der Waals surface area (Å²) in [5.74, 6) is 0.680. The van der Waals surface area contributed by atoms with Crippen molar-refractivity contribution in [2.75, 3.05) is 7.11 Å². The second-order valence-electron chi connectivity index (χ2n) is 2.60. The van der Waals surface area contributed by atoms with E-state index >= 15 is 0 Å². The minimum atomic E-state index is 0.172. The van der Waals surface area contributed by atoms with Crippen LogP contribution in [0.5, 0.6) is 11.5 Å². The lowest BCUT2D eigenvalue weighted by atomic mass is 10.1. The molecule has 1 N–H and O–H groups in total. The third-order valence-electron chi connectivity index (χ3n) is 1.62. The van der Waals surface area contributed by atoms with Gasteiger partial charge in [-0.15, -0.1) is 6.58 Å². The SMILES string of the molecule is C=CCc1ccc(O)c(OC)c1.[Si]O[Si]. The minimum Gasteiger partial charge on any atom is -0.504 e. The van der Waals surface area contributed by atoms with E-state index in [9.17, 15) is 5.11 Å². The number of benzene rings is 1. The molecule has 0 atom stereocenters. The maximum Gasteiger partial charge on any atom is 0.229 e. The molecule has 0 aliphatic rings. The smallest absolute Gasteiger partial charge is 0.229 e. The summed E-state index contributed by atoms with van der Waals surface area (Å²) >= 11 is 0. The molecule has 15 heavy (non-hydrogen) atoms. The van der Waals surface area contributed by atoms with Crippen LogP contribution in [0.4, 0.5) is 0 Å². The molecule has 3 nitrogen and oxygen atoms in total. The monoisotopic (exact) mass is 236 g/mol. The number of rotatable bonds is 3. The molecule has 0 unspecified atom stereocenters. The number of phenolic OH excluding ortho intramolecular Hbond substituents is 1. The molecule has 0 bridgehead atoms. The molecule has 0 saturated heterocycles. The van der Waals surface area contributed by atoms with E-state index in [0.717, 1.165) is 12.0 Å². The van der Waals surface area contributed by atoms with Crippen LogP contribution in [0.1, 0.15) is 5.56 Å². The van der Waals surface area contributed by atoms with E-state index in [0.29, 0.717) is 5.75 Å². The van der Waals surface area contributed by atoms with Crippen LogP contribution in [-0.2, 0) is 10.5 Å². The van der Waals surface area contributed by atoms with Crippen LogP contribution in [0.3, 0.4) is 0 Å². The Morgan fingerprint density at radius 2 is 2.07 bits per heavy atom. The summed E-state index contributed by atoms with van der Waals surface area (Å²) in [5, 5.41) is 9.25. The highest BCUT2D eigenvalue weighted by Gasteiger charge is 2.00. The van der Waals surface area contributed by atoms with Crippen molar-refractivity contribution in [1.29, 1.82) is 0 Å². The minimum absolute atomic E-state index is 0.172. The normalized spacial score (nSPS) is 8.73. The first-order valence-corrected chi connectivity index (χ1v) is 4.97. The van der Waals surface area contributed by atoms with Gasteiger partial charge in [0.25, 0.3) is 0 Å². The summed E-state index contributed by atoms with van der Waals surface area (Å²) in [4.78, 5) is 0. The van der Waals surface area contributed by atoms with Gasteiger partial charge < -0.3 is 14.0 Å². The first-order valence-electron chi connectivity index (χ1n) is 4.15. The Kier molecular flexibility index (Phi) is 7.70. The maximum absolute atomic E-state index is 9.25. The zero-order valence-electron chi connectivity index (χ0n) is 8.49. The molecule has 0 heterocycles. The van der Waals surface area contributed by atoms with Crippen LogP contribution in [0.15, 0.2) is 30.9 Å². The van der Waals surface area contributed by atoms with Crippen molar-refractivity contribution in [3.63, 3.8) is 0 Å². The van der Waals surface area contributed by atoms with Gasteiger partial charge >= 0.3 is 0 Å². The van der Waals surface area contributed by atoms with Gasteiger partial charge in [-0.3, -0.25) is 0 Å². The third kappa shape index (κ3) is 5.41. The van der Waals surface area contributed by atoms with E-state index in [1.807, 2.05) is 12.1 Å². The molecule has 0 aliphatic heterocycles. The molecule has 78 valence electrons. The largest absolute Gasteiger partial charge is 0.504 e. The average Bonchev–Trinajstić information content (AvgIpc) is 2.22. The number of ether oxygens (including phenoxy) is 1. The first-order chi connectivity index (χ1) is 7.19. The van der Waals surface area contributed by atoms with E-state index in [2.05, 4.69) is 31.7 Å². The Morgan fingerprint density at radius 1 is 1.47 bits per heavy atom. The zero-order valence-corrected chi connectivity index (χ0v) is 10.5. The highest BCUT2D eigenvalue weighted by Crippen LogP contribution is 2.26. The highest BCUT2D eigenvalue weighted by molar-refractivity contribution is 6.15. The van der Waals surface area contributed by atoms with Gasteiger partial charge in [0.15, 0.2) is 11.5 Å². The van der Waals surface area contributed by atoms with Crippen molar-refractivity contribution in [3.8, 4) is 11.5 Å². The predicted molar refractivity (Wildman–Crippen MR) is 61.2 cm³/mol. The van der Waals surface area contributed by atoms with E-state index in [1.165, 1.54) is 7.11 Å². The highest BCUT2D eigenvalue weighted by atomic mass is 28.3. The lowest BCUT2D eigenvalue weighted by Gasteiger charge is -2.04. The lowest BCUT2D eigenvalue weighted by Crippen LogP contribution is -1.86. The molecule has 0 spiro atoms. The van der Waals surface area contributed by atoms with Crippen molar-refractivity contribution in [2.45, 2.75) is 6.42 Å². The molecule has 6 radical (unpaired) electrons. The van der Waals surface area contributed by atoms with Crippen molar-refractivity contribution >= 4 is 21.0 Å². The fourth-order valence-corrected chi connectivity index (χ4v) is 1.02. The molecule has 0 aromatic heterocycles. The summed E-state index contributed by atoms with van der Waals surface area (Å²) < 4.78 is 8.81. The van der Waals surface area contributed by atoms with Gasteiger partial charge in [-0.05, 0) is 24.1 Å². The fraction of sp³-hybridized carbons (Fsp3) is 0.200. The van der Waals surface area contributed by atoms with E-state index in [-0.39, 0.29) is 5.75 Å². The van der Waals surface area contributed by atoms with Crippen LogP contribution < -0.4 is 4.74 Å². The molecule has 0 aliphatic carbocycles. The van der Waals surface area contributed by atoms with Gasteiger partial charge in [0.2, 0.25) is 21.0 Å². The average molecular weight is 236 g/mol. The van der Waals surface area contributed by atoms with Gasteiger partial charge in [0.1, 0.15) is 0 Å². The van der Waals surface area contributed by atoms with E-state index in [4.69, 9.17) is 4.74 Å². The Labute approximate surface area is 96.8 Å². The molecule has 1 rings (SSSR count). The summed E-state index contributed by atoms with van der Waals surface area (Å²) in [6.45, 7) is 3.63. The van der Waals surface area contributed by atoms with E-state index in [1.54, 1.807) is 12.1 Å². The topological polar surface area (TPSA) is 38.7 Å². The Morgan fingerprint density at radius 3 is 2.53 bits per heavy atom. The summed E-state index contributed by atoms with van der Waals surface area (Å²) in [5.41, 5.74) is 1.08. The molecule has 1 aromatic rings. The number of allylic oxidation sites excluding steroid dienone is 1. The second kappa shape index (κ2) is 8.28. The predicted octanol–water partition coefficient (Wildman–Crippen LogP) is 1.30. The van der Waals surface area contributed by atoms with Gasteiger partial charge in [0, 0.05) is 0 Å². The molecule has 0 amide bonds. The van der Waals surface area contributed by atoms with Crippen molar-refractivity contribution in [3.05, 3.63) is 36.4 Å². The third-order valence-corrected chi connectivity index (χ3v) is 1.62. The summed E-state index contributed by atoms with van der Waals surface area (Å²) in [6.07, 6.45) is 2.60. The molecule has 0 saturated carbocycles. The van der Waals surface area contributed by atoms with Gasteiger partial charge in [-0.2, -0.15) is 0 Å². The maximum atomic E-state index is 9.25. The Bertz CT molecular complexity index is 303. The molecular formula is C10H12O3Si2. The number of hydrogen-bond acceptors (Lipinski definition) is 3. The van der Waals surface area contributed by atoms with Crippen LogP contribution in [0, 0.1) is 0 Å². The Balaban J connectivity index is 0.000000583. The van der Waals surface area contributed by atoms with E-state index < -0.39 is 0 Å². The van der Waals surface area contributed by atoms with Crippen molar-refractivity contribution in [1.82, 2.24) is 0 Å². The van der Waals surface area contributed by atoms with Crippen LogP contribution >= 0.6 is 0 Å². The molecule has 1 aromatic carbocycles. The van der Waals surface area contributed by atoms with Crippen LogP contribution in [0.25, 0.3) is 0 Å².